The van der Waals surface area contributed by atoms with Crippen LogP contribution in [0.15, 0.2) is 22.7 Å². The summed E-state index contributed by atoms with van der Waals surface area (Å²) in [5.74, 6) is 0.175. The summed E-state index contributed by atoms with van der Waals surface area (Å²) in [6, 6.07) is 6.17. The van der Waals surface area contributed by atoms with Gasteiger partial charge >= 0.3 is 0 Å². The molecule has 0 aliphatic heterocycles. The Bertz CT molecular complexity index is 361. The lowest BCUT2D eigenvalue weighted by atomic mass is 10.0. The fourth-order valence-electron chi connectivity index (χ4n) is 1.37. The first kappa shape index (κ1) is 12.2. The van der Waals surface area contributed by atoms with Crippen molar-refractivity contribution in [2.75, 3.05) is 14.1 Å². The van der Waals surface area contributed by atoms with E-state index in [-0.39, 0.29) is 5.91 Å². The second-order valence-electron chi connectivity index (χ2n) is 3.86. The van der Waals surface area contributed by atoms with Crippen LogP contribution >= 0.6 is 15.9 Å². The van der Waals surface area contributed by atoms with Crippen LogP contribution in [-0.2, 0) is 11.2 Å². The largest absolute Gasteiger partial charge is 0.349 e. The van der Waals surface area contributed by atoms with Gasteiger partial charge in [0.25, 0.3) is 0 Å². The fraction of sp³-hybridized carbons (Fsp3) is 0.417. The zero-order valence-electron chi connectivity index (χ0n) is 9.38. The zero-order chi connectivity index (χ0) is 11.4. The van der Waals surface area contributed by atoms with E-state index in [4.69, 9.17) is 0 Å². The van der Waals surface area contributed by atoms with E-state index in [0.717, 1.165) is 10.9 Å². The molecular formula is C12H16BrNO. The van der Waals surface area contributed by atoms with Crippen molar-refractivity contribution in [1.29, 1.82) is 0 Å². The van der Waals surface area contributed by atoms with Gasteiger partial charge in [0.2, 0.25) is 5.91 Å². The average Bonchev–Trinajstić information content (AvgIpc) is 2.18. The minimum absolute atomic E-state index is 0.175. The van der Waals surface area contributed by atoms with E-state index in [1.54, 1.807) is 19.0 Å². The second kappa shape index (κ2) is 5.31. The molecule has 1 aromatic carbocycles. The van der Waals surface area contributed by atoms with Gasteiger partial charge in [-0.2, -0.15) is 0 Å². The highest BCUT2D eigenvalue weighted by Gasteiger charge is 2.06. The Morgan fingerprint density at radius 1 is 1.40 bits per heavy atom. The molecule has 0 radical (unpaired) electrons. The van der Waals surface area contributed by atoms with Gasteiger partial charge in [0.1, 0.15) is 0 Å². The number of amides is 1. The summed E-state index contributed by atoms with van der Waals surface area (Å²) in [6.07, 6.45) is 1.38. The predicted octanol–water partition coefficient (Wildman–Crippen LogP) is 2.78. The molecule has 1 rings (SSSR count). The molecule has 1 aromatic rings. The van der Waals surface area contributed by atoms with Crippen LogP contribution in [0.25, 0.3) is 0 Å². The molecule has 0 saturated heterocycles. The summed E-state index contributed by atoms with van der Waals surface area (Å²) in [5, 5.41) is 0. The van der Waals surface area contributed by atoms with E-state index >= 15 is 0 Å². The smallest absolute Gasteiger partial charge is 0.222 e. The fourth-order valence-corrected chi connectivity index (χ4v) is 1.78. The first-order valence-electron chi connectivity index (χ1n) is 4.96. The standard InChI is InChI=1S/C12H16BrNO/c1-9-4-6-11(13)8-10(9)5-7-12(15)14(2)3/h4,6,8H,5,7H2,1-3H3. The molecule has 0 spiro atoms. The van der Waals surface area contributed by atoms with Gasteiger partial charge in [0.05, 0.1) is 0 Å². The van der Waals surface area contributed by atoms with Crippen LogP contribution in [0.2, 0.25) is 0 Å². The van der Waals surface area contributed by atoms with Crippen molar-refractivity contribution >= 4 is 21.8 Å². The highest BCUT2D eigenvalue weighted by molar-refractivity contribution is 9.10. The van der Waals surface area contributed by atoms with Crippen molar-refractivity contribution < 1.29 is 4.79 Å². The summed E-state index contributed by atoms with van der Waals surface area (Å²) in [6.45, 7) is 2.07. The lowest BCUT2D eigenvalue weighted by molar-refractivity contribution is -0.128. The van der Waals surface area contributed by atoms with Gasteiger partial charge in [0.15, 0.2) is 0 Å². The number of carbonyl (C=O) groups excluding carboxylic acids is 1. The van der Waals surface area contributed by atoms with E-state index in [1.165, 1.54) is 11.1 Å². The molecule has 0 aliphatic carbocycles. The molecular weight excluding hydrogens is 254 g/mol. The van der Waals surface area contributed by atoms with E-state index in [0.29, 0.717) is 6.42 Å². The molecule has 1 amide bonds. The molecule has 2 nitrogen and oxygen atoms in total. The van der Waals surface area contributed by atoms with Crippen LogP contribution in [0, 0.1) is 6.92 Å². The summed E-state index contributed by atoms with van der Waals surface area (Å²) >= 11 is 3.44. The maximum absolute atomic E-state index is 11.4. The van der Waals surface area contributed by atoms with Crippen LogP contribution in [0.5, 0.6) is 0 Å². The van der Waals surface area contributed by atoms with Crippen LogP contribution in [-0.4, -0.2) is 24.9 Å². The number of halogens is 1. The molecule has 0 aromatic heterocycles. The highest BCUT2D eigenvalue weighted by atomic mass is 79.9. The van der Waals surface area contributed by atoms with Gasteiger partial charge in [-0.1, -0.05) is 22.0 Å². The molecule has 0 saturated carbocycles. The molecule has 0 heterocycles. The average molecular weight is 270 g/mol. The summed E-state index contributed by atoms with van der Waals surface area (Å²) < 4.78 is 1.07. The predicted molar refractivity (Wildman–Crippen MR) is 65.9 cm³/mol. The van der Waals surface area contributed by atoms with Gasteiger partial charge in [-0.3, -0.25) is 4.79 Å². The first-order chi connectivity index (χ1) is 7.00. The van der Waals surface area contributed by atoms with Crippen LogP contribution in [0.1, 0.15) is 17.5 Å². The van der Waals surface area contributed by atoms with E-state index in [9.17, 15) is 4.79 Å². The molecule has 0 bridgehead atoms. The van der Waals surface area contributed by atoms with E-state index in [1.807, 2.05) is 6.07 Å². The molecule has 0 fully saturated rings. The van der Waals surface area contributed by atoms with Gasteiger partial charge in [-0.25, -0.2) is 0 Å². The van der Waals surface area contributed by atoms with Gasteiger partial charge in [-0.15, -0.1) is 0 Å². The van der Waals surface area contributed by atoms with E-state index < -0.39 is 0 Å². The monoisotopic (exact) mass is 269 g/mol. The maximum Gasteiger partial charge on any atom is 0.222 e. The normalized spacial score (nSPS) is 10.1. The van der Waals surface area contributed by atoms with Crippen molar-refractivity contribution in [3.05, 3.63) is 33.8 Å². The molecule has 82 valence electrons. The van der Waals surface area contributed by atoms with Crippen molar-refractivity contribution in [3.8, 4) is 0 Å². The minimum atomic E-state index is 0.175. The third-order valence-electron chi connectivity index (χ3n) is 2.42. The number of hydrogen-bond donors (Lipinski definition) is 0. The highest BCUT2D eigenvalue weighted by Crippen LogP contribution is 2.17. The Balaban J connectivity index is 2.65. The molecule has 0 N–H and O–H groups in total. The number of nitrogens with zero attached hydrogens (tertiary/aromatic N) is 1. The zero-order valence-corrected chi connectivity index (χ0v) is 11.0. The van der Waals surface area contributed by atoms with Crippen LogP contribution in [0.4, 0.5) is 0 Å². The van der Waals surface area contributed by atoms with Crippen LogP contribution in [0.3, 0.4) is 0 Å². The number of benzene rings is 1. The number of hydrogen-bond acceptors (Lipinski definition) is 1. The lowest BCUT2D eigenvalue weighted by Gasteiger charge is -2.11. The summed E-state index contributed by atoms with van der Waals surface area (Å²) in [7, 11) is 3.58. The summed E-state index contributed by atoms with van der Waals surface area (Å²) in [5.41, 5.74) is 2.48. The quantitative estimate of drug-likeness (QED) is 0.827. The first-order valence-corrected chi connectivity index (χ1v) is 5.75. The molecule has 3 heteroatoms. The third-order valence-corrected chi connectivity index (χ3v) is 2.91. The Morgan fingerprint density at radius 3 is 2.67 bits per heavy atom. The Labute approximate surface area is 99.4 Å². The third kappa shape index (κ3) is 3.67. The SMILES string of the molecule is Cc1ccc(Br)cc1CCC(=O)N(C)C. The second-order valence-corrected chi connectivity index (χ2v) is 4.77. The van der Waals surface area contributed by atoms with Crippen molar-refractivity contribution in [3.63, 3.8) is 0 Å². The molecule has 0 unspecified atom stereocenters. The number of aryl methyl sites for hydroxylation is 2. The van der Waals surface area contributed by atoms with Crippen molar-refractivity contribution in [2.45, 2.75) is 19.8 Å². The maximum atomic E-state index is 11.4. The van der Waals surface area contributed by atoms with Gasteiger partial charge in [0, 0.05) is 25.0 Å². The van der Waals surface area contributed by atoms with Gasteiger partial charge in [-0.05, 0) is 36.6 Å². The van der Waals surface area contributed by atoms with Gasteiger partial charge < -0.3 is 4.90 Å². The topological polar surface area (TPSA) is 20.3 Å². The van der Waals surface area contributed by atoms with E-state index in [2.05, 4.69) is 35.0 Å². The molecule has 15 heavy (non-hydrogen) atoms. The summed E-state index contributed by atoms with van der Waals surface area (Å²) in [4.78, 5) is 13.1. The lowest BCUT2D eigenvalue weighted by Crippen LogP contribution is -2.21. The van der Waals surface area contributed by atoms with Crippen molar-refractivity contribution in [1.82, 2.24) is 4.90 Å². The molecule has 0 atom stereocenters. The number of rotatable bonds is 3. The van der Waals surface area contributed by atoms with Crippen LogP contribution < -0.4 is 0 Å². The number of carbonyl (C=O) groups is 1. The Morgan fingerprint density at radius 2 is 2.07 bits per heavy atom. The Hall–Kier alpha value is -0.830. The van der Waals surface area contributed by atoms with Crippen molar-refractivity contribution in [2.24, 2.45) is 0 Å². The minimum Gasteiger partial charge on any atom is -0.349 e. The Kier molecular flexibility index (Phi) is 4.33. The molecule has 0 aliphatic rings.